The van der Waals surface area contributed by atoms with E-state index in [0.717, 1.165) is 16.8 Å². The van der Waals surface area contributed by atoms with Crippen LogP contribution in [-0.2, 0) is 4.79 Å². The zero-order valence-electron chi connectivity index (χ0n) is 10.3. The third kappa shape index (κ3) is 2.18. The van der Waals surface area contributed by atoms with E-state index >= 15 is 0 Å². The molecule has 19 heavy (non-hydrogen) atoms. The molecular weight excluding hydrogens is 240 g/mol. The Kier molecular flexibility index (Phi) is 2.93. The van der Waals surface area contributed by atoms with Gasteiger partial charge < -0.3 is 10.2 Å². The summed E-state index contributed by atoms with van der Waals surface area (Å²) in [4.78, 5) is 16.6. The van der Waals surface area contributed by atoms with Crippen LogP contribution in [0.15, 0.2) is 48.5 Å². The van der Waals surface area contributed by atoms with Crippen LogP contribution < -0.4 is 16.1 Å². The first-order valence-corrected chi connectivity index (χ1v) is 6.13. The quantitative estimate of drug-likeness (QED) is 0.809. The maximum atomic E-state index is 11.8. The average molecular weight is 254 g/mol. The Bertz CT molecular complexity index is 625. The van der Waals surface area contributed by atoms with Crippen molar-refractivity contribution in [1.29, 1.82) is 0 Å². The molecule has 0 fully saturated rings. The van der Waals surface area contributed by atoms with E-state index in [0.29, 0.717) is 12.2 Å². The van der Waals surface area contributed by atoms with E-state index in [1.54, 1.807) is 6.07 Å². The Balaban J connectivity index is 2.07. The van der Waals surface area contributed by atoms with E-state index in [9.17, 15) is 4.79 Å². The number of fused-ring (bicyclic) bond motifs is 1. The summed E-state index contributed by atoms with van der Waals surface area (Å²) in [5.41, 5.74) is 3.03. The highest BCUT2D eigenvalue weighted by atomic mass is 16.6. The lowest BCUT2D eigenvalue weighted by molar-refractivity contribution is -0.116. The Morgan fingerprint density at radius 1 is 1.16 bits per heavy atom. The second kappa shape index (κ2) is 4.74. The molecule has 2 aromatic carbocycles. The topological polar surface area (TPSA) is 64.3 Å². The van der Waals surface area contributed by atoms with Crippen LogP contribution >= 0.6 is 0 Å². The normalized spacial score (nSPS) is 17.5. The van der Waals surface area contributed by atoms with Crippen molar-refractivity contribution in [3.05, 3.63) is 59.7 Å². The number of amides is 1. The first kappa shape index (κ1) is 11.7. The maximum Gasteiger partial charge on any atom is 0.225 e. The van der Waals surface area contributed by atoms with Crippen molar-refractivity contribution in [2.45, 2.75) is 12.3 Å². The molecule has 1 amide bonds. The van der Waals surface area contributed by atoms with Gasteiger partial charge in [0.15, 0.2) is 0 Å². The molecule has 0 bridgehead atoms. The highest BCUT2D eigenvalue weighted by Crippen LogP contribution is 2.37. The van der Waals surface area contributed by atoms with Crippen LogP contribution in [0.4, 0.5) is 5.69 Å². The van der Waals surface area contributed by atoms with Crippen molar-refractivity contribution < 1.29 is 9.63 Å². The predicted molar refractivity (Wildman–Crippen MR) is 72.8 cm³/mol. The molecule has 1 aliphatic rings. The number of nitrogens with two attached hydrogens (primary N) is 1. The number of rotatable bonds is 2. The smallest absolute Gasteiger partial charge is 0.225 e. The van der Waals surface area contributed by atoms with Gasteiger partial charge in [-0.1, -0.05) is 30.3 Å². The zero-order valence-corrected chi connectivity index (χ0v) is 10.3. The summed E-state index contributed by atoms with van der Waals surface area (Å²) in [6.07, 6.45) is 0.436. The zero-order chi connectivity index (χ0) is 13.2. The maximum absolute atomic E-state index is 11.8. The molecule has 0 spiro atoms. The van der Waals surface area contributed by atoms with E-state index in [-0.39, 0.29) is 11.8 Å². The number of hydrogen-bond donors (Lipinski definition) is 2. The van der Waals surface area contributed by atoms with Crippen molar-refractivity contribution in [2.75, 3.05) is 5.32 Å². The van der Waals surface area contributed by atoms with Crippen LogP contribution in [0.1, 0.15) is 23.5 Å². The van der Waals surface area contributed by atoms with Gasteiger partial charge in [-0.15, -0.1) is 0 Å². The van der Waals surface area contributed by atoms with Crippen LogP contribution in [0.2, 0.25) is 0 Å². The number of benzene rings is 2. The first-order chi connectivity index (χ1) is 9.28. The van der Waals surface area contributed by atoms with Crippen LogP contribution in [-0.4, -0.2) is 5.91 Å². The number of para-hydroxylation sites is 1. The summed E-state index contributed by atoms with van der Waals surface area (Å²) < 4.78 is 0. The molecule has 0 radical (unpaired) electrons. The van der Waals surface area contributed by atoms with E-state index in [1.165, 1.54) is 0 Å². The highest BCUT2D eigenvalue weighted by molar-refractivity contribution is 5.95. The third-order valence-electron chi connectivity index (χ3n) is 3.40. The Morgan fingerprint density at radius 2 is 2.00 bits per heavy atom. The second-order valence-electron chi connectivity index (χ2n) is 4.58. The lowest BCUT2D eigenvalue weighted by Crippen LogP contribution is -2.23. The van der Waals surface area contributed by atoms with Gasteiger partial charge in [0.25, 0.3) is 0 Å². The van der Waals surface area contributed by atoms with Crippen LogP contribution in [0, 0.1) is 0 Å². The minimum atomic E-state index is 0.0303. The second-order valence-corrected chi connectivity index (χ2v) is 4.58. The SMILES string of the molecule is NOc1cccc(C2CC(=O)Nc3ccccc32)c1. The van der Waals surface area contributed by atoms with Crippen molar-refractivity contribution in [1.82, 2.24) is 0 Å². The highest BCUT2D eigenvalue weighted by Gasteiger charge is 2.26. The minimum Gasteiger partial charge on any atom is -0.412 e. The molecule has 96 valence electrons. The van der Waals surface area contributed by atoms with E-state index in [2.05, 4.69) is 5.32 Å². The fraction of sp³-hybridized carbons (Fsp3) is 0.133. The molecule has 0 saturated heterocycles. The van der Waals surface area contributed by atoms with Crippen LogP contribution in [0.5, 0.6) is 5.75 Å². The van der Waals surface area contributed by atoms with Gasteiger partial charge >= 0.3 is 0 Å². The van der Waals surface area contributed by atoms with Crippen molar-refractivity contribution in [3.63, 3.8) is 0 Å². The molecule has 4 heteroatoms. The third-order valence-corrected chi connectivity index (χ3v) is 3.40. The molecule has 3 N–H and O–H groups in total. The Morgan fingerprint density at radius 3 is 2.84 bits per heavy atom. The average Bonchev–Trinajstić information content (AvgIpc) is 2.46. The van der Waals surface area contributed by atoms with Gasteiger partial charge in [0.05, 0.1) is 0 Å². The standard InChI is InChI=1S/C15H14N2O2/c16-19-11-5-3-4-10(8-11)13-9-15(18)17-14-7-2-1-6-12(13)14/h1-8,13H,9,16H2,(H,17,18). The van der Waals surface area contributed by atoms with Gasteiger partial charge in [-0.05, 0) is 29.3 Å². The monoisotopic (exact) mass is 254 g/mol. The summed E-state index contributed by atoms with van der Waals surface area (Å²) in [7, 11) is 0. The predicted octanol–water partition coefficient (Wildman–Crippen LogP) is 2.41. The molecule has 1 heterocycles. The summed E-state index contributed by atoms with van der Waals surface area (Å²) >= 11 is 0. The van der Waals surface area contributed by atoms with Gasteiger partial charge in [0.2, 0.25) is 5.91 Å². The molecule has 0 saturated carbocycles. The largest absolute Gasteiger partial charge is 0.412 e. The number of carbonyl (C=O) groups is 1. The summed E-state index contributed by atoms with van der Waals surface area (Å²) in [5, 5.41) is 2.89. The molecule has 0 aromatic heterocycles. The van der Waals surface area contributed by atoms with Gasteiger partial charge in [0.1, 0.15) is 5.75 Å². The van der Waals surface area contributed by atoms with Crippen molar-refractivity contribution in [2.24, 2.45) is 5.90 Å². The van der Waals surface area contributed by atoms with E-state index in [4.69, 9.17) is 10.7 Å². The fourth-order valence-corrected chi connectivity index (χ4v) is 2.51. The van der Waals surface area contributed by atoms with Gasteiger partial charge in [0, 0.05) is 18.0 Å². The number of nitrogens with one attached hydrogen (secondary N) is 1. The van der Waals surface area contributed by atoms with Gasteiger partial charge in [-0.25, -0.2) is 0 Å². The van der Waals surface area contributed by atoms with Crippen LogP contribution in [0.25, 0.3) is 0 Å². The molecule has 1 atom stereocenters. The van der Waals surface area contributed by atoms with E-state index < -0.39 is 0 Å². The molecule has 1 unspecified atom stereocenters. The molecule has 3 rings (SSSR count). The molecular formula is C15H14N2O2. The van der Waals surface area contributed by atoms with Crippen molar-refractivity contribution >= 4 is 11.6 Å². The van der Waals surface area contributed by atoms with Crippen molar-refractivity contribution in [3.8, 4) is 5.75 Å². The number of anilines is 1. The molecule has 2 aromatic rings. The Labute approximate surface area is 111 Å². The summed E-state index contributed by atoms with van der Waals surface area (Å²) in [6.45, 7) is 0. The fourth-order valence-electron chi connectivity index (χ4n) is 2.51. The number of hydrogen-bond acceptors (Lipinski definition) is 3. The Hall–Kier alpha value is -2.33. The molecule has 4 nitrogen and oxygen atoms in total. The summed E-state index contributed by atoms with van der Waals surface area (Å²) in [5.74, 6) is 5.86. The lowest BCUT2D eigenvalue weighted by atomic mass is 9.85. The summed E-state index contributed by atoms with van der Waals surface area (Å²) in [6, 6.07) is 15.4. The molecule has 1 aliphatic heterocycles. The van der Waals surface area contributed by atoms with E-state index in [1.807, 2.05) is 42.5 Å². The lowest BCUT2D eigenvalue weighted by Gasteiger charge is -2.26. The van der Waals surface area contributed by atoms with Gasteiger partial charge in [-0.3, -0.25) is 4.79 Å². The molecule has 0 aliphatic carbocycles. The number of carbonyl (C=O) groups excluding carboxylic acids is 1. The first-order valence-electron chi connectivity index (χ1n) is 6.13. The minimum absolute atomic E-state index is 0.0303. The van der Waals surface area contributed by atoms with Crippen LogP contribution in [0.3, 0.4) is 0 Å². The van der Waals surface area contributed by atoms with Gasteiger partial charge in [-0.2, -0.15) is 5.90 Å².